The van der Waals surface area contributed by atoms with E-state index in [2.05, 4.69) is 5.32 Å². The summed E-state index contributed by atoms with van der Waals surface area (Å²) in [5.74, 6) is -1.35. The summed E-state index contributed by atoms with van der Waals surface area (Å²) in [6.45, 7) is 3.86. The molecule has 0 aliphatic carbocycles. The van der Waals surface area contributed by atoms with Gasteiger partial charge in [0.2, 0.25) is 0 Å². The van der Waals surface area contributed by atoms with Crippen molar-refractivity contribution in [3.63, 3.8) is 0 Å². The number of aromatic nitrogens is 1. The number of nitrogens with one attached hydrogen (secondary N) is 1. The van der Waals surface area contributed by atoms with Crippen LogP contribution in [0, 0.1) is 12.7 Å². The average molecular weight is 430 g/mol. The number of anilines is 1. The van der Waals surface area contributed by atoms with Gasteiger partial charge < -0.3 is 15.0 Å². The molecular weight excluding hydrogens is 407 g/mol. The zero-order valence-electron chi connectivity index (χ0n) is 18.0. The SMILES string of the molecule is Cc1cc([C@@H](C)Nc2ccccc2C(=O)O)c2cc(-c3ccc(F)cc3)n(C)c(=O)c2c1. The first-order valence-electron chi connectivity index (χ1n) is 10.3. The lowest BCUT2D eigenvalue weighted by molar-refractivity contribution is 0.0698. The standard InChI is InChI=1S/C26H23FN2O3/c1-15-12-20(16(2)28-23-7-5-4-6-19(23)26(31)32)21-14-24(17-8-10-18(27)11-9-17)29(3)25(30)22(21)13-15/h4-14,16,28H,1-3H3,(H,31,32)/t16-/m1/s1. The molecule has 0 saturated carbocycles. The van der Waals surface area contributed by atoms with Crippen LogP contribution in [0.25, 0.3) is 22.0 Å². The monoisotopic (exact) mass is 430 g/mol. The van der Waals surface area contributed by atoms with Crippen LogP contribution in [-0.2, 0) is 7.05 Å². The van der Waals surface area contributed by atoms with E-state index in [-0.39, 0.29) is 23.0 Å². The lowest BCUT2D eigenvalue weighted by Gasteiger charge is -2.21. The number of nitrogens with zero attached hydrogens (tertiary/aromatic N) is 1. The highest BCUT2D eigenvalue weighted by Gasteiger charge is 2.18. The van der Waals surface area contributed by atoms with Crippen molar-refractivity contribution >= 4 is 22.4 Å². The van der Waals surface area contributed by atoms with Crippen molar-refractivity contribution in [1.29, 1.82) is 0 Å². The topological polar surface area (TPSA) is 71.3 Å². The van der Waals surface area contributed by atoms with E-state index in [9.17, 15) is 19.1 Å². The van der Waals surface area contributed by atoms with E-state index in [1.54, 1.807) is 48.0 Å². The van der Waals surface area contributed by atoms with Gasteiger partial charge in [-0.05, 0) is 84.5 Å². The van der Waals surface area contributed by atoms with Crippen LogP contribution in [0.3, 0.4) is 0 Å². The zero-order valence-corrected chi connectivity index (χ0v) is 18.0. The van der Waals surface area contributed by atoms with E-state index >= 15 is 0 Å². The van der Waals surface area contributed by atoms with Crippen LogP contribution >= 0.6 is 0 Å². The Morgan fingerprint density at radius 2 is 1.72 bits per heavy atom. The molecule has 1 aromatic heterocycles. The van der Waals surface area contributed by atoms with Crippen molar-refractivity contribution in [3.8, 4) is 11.3 Å². The minimum absolute atomic E-state index is 0.148. The number of carboxylic acids is 1. The number of halogens is 1. The van der Waals surface area contributed by atoms with Gasteiger partial charge in [-0.1, -0.05) is 18.2 Å². The van der Waals surface area contributed by atoms with Gasteiger partial charge in [0.15, 0.2) is 0 Å². The maximum Gasteiger partial charge on any atom is 0.337 e. The first-order chi connectivity index (χ1) is 15.3. The van der Waals surface area contributed by atoms with Gasteiger partial charge in [-0.15, -0.1) is 0 Å². The second kappa shape index (κ2) is 8.30. The molecule has 1 atom stereocenters. The second-order valence-corrected chi connectivity index (χ2v) is 7.93. The fourth-order valence-corrected chi connectivity index (χ4v) is 4.05. The number of hydrogen-bond acceptors (Lipinski definition) is 3. The Balaban J connectivity index is 1.89. The van der Waals surface area contributed by atoms with Crippen molar-refractivity contribution in [3.05, 3.63) is 99.6 Å². The van der Waals surface area contributed by atoms with E-state index in [0.29, 0.717) is 16.8 Å². The molecule has 0 aliphatic heterocycles. The van der Waals surface area contributed by atoms with Crippen molar-refractivity contribution in [2.45, 2.75) is 19.9 Å². The number of rotatable bonds is 5. The predicted octanol–water partition coefficient (Wildman–Crippen LogP) is 5.52. The summed E-state index contributed by atoms with van der Waals surface area (Å²) in [5.41, 5.74) is 3.75. The average Bonchev–Trinajstić information content (AvgIpc) is 2.77. The zero-order chi connectivity index (χ0) is 23.0. The highest BCUT2D eigenvalue weighted by atomic mass is 19.1. The van der Waals surface area contributed by atoms with Gasteiger partial charge in [-0.2, -0.15) is 0 Å². The molecule has 2 N–H and O–H groups in total. The highest BCUT2D eigenvalue weighted by molar-refractivity contribution is 5.94. The summed E-state index contributed by atoms with van der Waals surface area (Å²) in [5, 5.41) is 14.1. The Bertz CT molecular complexity index is 1390. The number of carbonyl (C=O) groups is 1. The van der Waals surface area contributed by atoms with Gasteiger partial charge in [-0.25, -0.2) is 9.18 Å². The molecule has 162 valence electrons. The Kier molecular flexibility index (Phi) is 5.53. The summed E-state index contributed by atoms with van der Waals surface area (Å²) in [7, 11) is 1.70. The molecule has 4 aromatic rings. The molecule has 32 heavy (non-hydrogen) atoms. The van der Waals surface area contributed by atoms with Crippen molar-refractivity contribution in [2.75, 3.05) is 5.32 Å². The van der Waals surface area contributed by atoms with E-state index in [4.69, 9.17) is 0 Å². The molecule has 5 nitrogen and oxygen atoms in total. The minimum Gasteiger partial charge on any atom is -0.478 e. The number of hydrogen-bond donors (Lipinski definition) is 2. The molecule has 0 radical (unpaired) electrons. The molecule has 6 heteroatoms. The summed E-state index contributed by atoms with van der Waals surface area (Å²) < 4.78 is 15.0. The minimum atomic E-state index is -1.01. The third-order valence-corrected chi connectivity index (χ3v) is 5.67. The van der Waals surface area contributed by atoms with Crippen molar-refractivity contribution in [1.82, 2.24) is 4.57 Å². The van der Waals surface area contributed by atoms with Crippen LogP contribution in [0.15, 0.2) is 71.5 Å². The molecule has 4 rings (SSSR count). The number of aryl methyl sites for hydroxylation is 1. The summed E-state index contributed by atoms with van der Waals surface area (Å²) in [6, 6.07) is 18.3. The van der Waals surface area contributed by atoms with Crippen LogP contribution in [0.1, 0.15) is 34.5 Å². The Morgan fingerprint density at radius 1 is 1.03 bits per heavy atom. The van der Waals surface area contributed by atoms with Crippen molar-refractivity contribution in [2.24, 2.45) is 7.05 Å². The molecule has 0 saturated heterocycles. The van der Waals surface area contributed by atoms with Crippen LogP contribution in [0.5, 0.6) is 0 Å². The van der Waals surface area contributed by atoms with Gasteiger partial charge >= 0.3 is 5.97 Å². The molecule has 1 heterocycles. The quantitative estimate of drug-likeness (QED) is 0.437. The largest absolute Gasteiger partial charge is 0.478 e. The van der Waals surface area contributed by atoms with Gasteiger partial charge in [0.1, 0.15) is 5.82 Å². The number of pyridine rings is 1. The number of aromatic carboxylic acids is 1. The van der Waals surface area contributed by atoms with Crippen LogP contribution in [0.2, 0.25) is 0 Å². The summed E-state index contributed by atoms with van der Waals surface area (Å²) >= 11 is 0. The number of fused-ring (bicyclic) bond motifs is 1. The molecule has 3 aromatic carbocycles. The first-order valence-corrected chi connectivity index (χ1v) is 10.3. The first kappa shape index (κ1) is 21.3. The van der Waals surface area contributed by atoms with E-state index in [1.807, 2.05) is 32.0 Å². The highest BCUT2D eigenvalue weighted by Crippen LogP contribution is 2.31. The predicted molar refractivity (Wildman–Crippen MR) is 125 cm³/mol. The lowest BCUT2D eigenvalue weighted by Crippen LogP contribution is -2.20. The molecular formula is C26H23FN2O3. The number of para-hydroxylation sites is 1. The van der Waals surface area contributed by atoms with Crippen LogP contribution < -0.4 is 10.9 Å². The lowest BCUT2D eigenvalue weighted by atomic mass is 9.95. The van der Waals surface area contributed by atoms with Crippen LogP contribution in [0.4, 0.5) is 10.1 Å². The smallest absolute Gasteiger partial charge is 0.337 e. The molecule has 0 spiro atoms. The maximum atomic E-state index is 13.4. The third kappa shape index (κ3) is 3.87. The third-order valence-electron chi connectivity index (χ3n) is 5.67. The summed E-state index contributed by atoms with van der Waals surface area (Å²) in [6.07, 6.45) is 0. The summed E-state index contributed by atoms with van der Waals surface area (Å²) in [4.78, 5) is 24.8. The van der Waals surface area contributed by atoms with Gasteiger partial charge in [0.05, 0.1) is 11.3 Å². The Morgan fingerprint density at radius 3 is 2.41 bits per heavy atom. The second-order valence-electron chi connectivity index (χ2n) is 7.93. The fourth-order valence-electron chi connectivity index (χ4n) is 4.05. The van der Waals surface area contributed by atoms with E-state index < -0.39 is 5.97 Å². The van der Waals surface area contributed by atoms with Gasteiger partial charge in [-0.3, -0.25) is 4.79 Å². The van der Waals surface area contributed by atoms with E-state index in [1.165, 1.54) is 12.1 Å². The van der Waals surface area contributed by atoms with E-state index in [0.717, 1.165) is 22.1 Å². The molecule has 0 amide bonds. The van der Waals surface area contributed by atoms with Gasteiger partial charge in [0.25, 0.3) is 5.56 Å². The van der Waals surface area contributed by atoms with Crippen molar-refractivity contribution < 1.29 is 14.3 Å². The normalized spacial score (nSPS) is 12.0. The van der Waals surface area contributed by atoms with Crippen LogP contribution in [-0.4, -0.2) is 15.6 Å². The van der Waals surface area contributed by atoms with Gasteiger partial charge in [0, 0.05) is 24.2 Å². The Labute approximate surface area is 184 Å². The number of carboxylic acid groups (broad SMARTS) is 1. The maximum absolute atomic E-state index is 13.4. The Hall–Kier alpha value is -3.93. The molecule has 0 aliphatic rings. The number of benzene rings is 3. The molecule has 0 fully saturated rings. The fraction of sp³-hybridized carbons (Fsp3) is 0.154. The molecule has 0 unspecified atom stereocenters. The molecule has 0 bridgehead atoms.